The molecule has 0 radical (unpaired) electrons. The van der Waals surface area contributed by atoms with Crippen molar-refractivity contribution < 1.29 is 52.2 Å². The molecule has 0 aromatic carbocycles. The van der Waals surface area contributed by atoms with Crippen LogP contribution in [0.25, 0.3) is 0 Å². The van der Waals surface area contributed by atoms with Crippen molar-refractivity contribution in [2.24, 2.45) is 5.92 Å². The largest absolute Gasteiger partial charge is 1.00 e. The fraction of sp³-hybridized carbons (Fsp3) is 0.955. The normalized spacial score (nSPS) is 32.5. The fourth-order valence-electron chi connectivity index (χ4n) is 5.24. The number of hydrogen-bond acceptors (Lipinski definition) is 8. The van der Waals surface area contributed by atoms with Gasteiger partial charge in [0.05, 0.1) is 43.6 Å². The summed E-state index contributed by atoms with van der Waals surface area (Å²) in [6.45, 7) is 4.62. The number of ether oxygens (including phenoxy) is 2. The minimum absolute atomic E-state index is 0. The van der Waals surface area contributed by atoms with Crippen LogP contribution in [-0.4, -0.2) is 73.7 Å². The molecule has 3 rings (SSSR count). The SMILES string of the molecule is CCOP(=O)([O-])COC1CCC(CC(C)NCC(O)COC2CCCC3NC(=O)NC32)CC1.[Li+]. The van der Waals surface area contributed by atoms with E-state index in [0.717, 1.165) is 51.4 Å². The Bertz CT molecular complexity index is 668. The summed E-state index contributed by atoms with van der Waals surface area (Å²) in [5.74, 6) is 0.560. The third-order valence-corrected chi connectivity index (χ3v) is 8.05. The first-order chi connectivity index (χ1) is 15.8. The number of amides is 2. The third kappa shape index (κ3) is 9.72. The number of fused-ring (bicyclic) bond motifs is 1. The van der Waals surface area contributed by atoms with Gasteiger partial charge in [-0.05, 0) is 71.1 Å². The Kier molecular flexibility index (Phi) is 12.9. The van der Waals surface area contributed by atoms with Gasteiger partial charge in [0.1, 0.15) is 6.35 Å². The molecule has 0 aromatic rings. The second-order valence-electron chi connectivity index (χ2n) is 9.72. The number of carbonyl (C=O) groups excluding carboxylic acids is 1. The smallest absolute Gasteiger partial charge is 0.777 e. The summed E-state index contributed by atoms with van der Waals surface area (Å²) < 4.78 is 27.9. The summed E-state index contributed by atoms with van der Waals surface area (Å²) in [5, 5.41) is 19.6. The van der Waals surface area contributed by atoms with Crippen LogP contribution in [0.2, 0.25) is 0 Å². The van der Waals surface area contributed by atoms with Gasteiger partial charge in [0.15, 0.2) is 7.60 Å². The predicted octanol–water partition coefficient (Wildman–Crippen LogP) is -1.54. The topological polar surface area (TPSA) is 141 Å². The van der Waals surface area contributed by atoms with E-state index in [9.17, 15) is 19.4 Å². The van der Waals surface area contributed by atoms with Crippen LogP contribution in [0.1, 0.15) is 65.2 Å². The number of aliphatic hydroxyl groups excluding tert-OH is 1. The molecule has 0 spiro atoms. The molecule has 0 aromatic heterocycles. The van der Waals surface area contributed by atoms with E-state index in [4.69, 9.17) is 14.0 Å². The number of urea groups is 1. The average molecular weight is 497 g/mol. The minimum Gasteiger partial charge on any atom is -0.777 e. The number of hydrogen-bond donors (Lipinski definition) is 4. The summed E-state index contributed by atoms with van der Waals surface area (Å²) in [7, 11) is -3.88. The Balaban J connectivity index is 0.00000408. The molecular weight excluding hydrogens is 456 g/mol. The maximum atomic E-state index is 11.6. The van der Waals surface area contributed by atoms with Gasteiger partial charge in [-0.3, -0.25) is 0 Å². The van der Waals surface area contributed by atoms with Gasteiger partial charge >= 0.3 is 24.9 Å². The molecule has 1 aliphatic heterocycles. The maximum Gasteiger partial charge on any atom is 1.00 e. The summed E-state index contributed by atoms with van der Waals surface area (Å²) in [5.41, 5.74) is 0. The van der Waals surface area contributed by atoms with E-state index in [0.29, 0.717) is 12.5 Å². The standard InChI is InChI=1S/C22H42N3O7P.Li/c1-3-32-33(28,29)14-31-18-9-7-16(8-10-18)11-15(2)23-12-17(26)13-30-20-6-4-5-19-21(20)25-22(27)24-19;/h15-21,23,26H,3-14H2,1-2H3,(H,28,29)(H2,24,25,27);/q;+1/p-1. The van der Waals surface area contributed by atoms with E-state index in [1.165, 1.54) is 0 Å². The first-order valence-electron chi connectivity index (χ1n) is 12.4. The van der Waals surface area contributed by atoms with E-state index >= 15 is 0 Å². The number of carbonyl (C=O) groups is 1. The molecule has 2 saturated carbocycles. The van der Waals surface area contributed by atoms with Crippen LogP contribution in [0.15, 0.2) is 0 Å². The van der Waals surface area contributed by atoms with Crippen molar-refractivity contribution in [2.45, 2.75) is 102 Å². The van der Waals surface area contributed by atoms with E-state index < -0.39 is 13.7 Å². The molecule has 6 atom stereocenters. The molecule has 10 nitrogen and oxygen atoms in total. The van der Waals surface area contributed by atoms with Gasteiger partial charge in [0.2, 0.25) is 0 Å². The molecule has 4 N–H and O–H groups in total. The molecule has 12 heteroatoms. The zero-order valence-corrected chi connectivity index (χ0v) is 21.8. The van der Waals surface area contributed by atoms with Crippen LogP contribution >= 0.6 is 7.60 Å². The van der Waals surface area contributed by atoms with Crippen LogP contribution in [0.3, 0.4) is 0 Å². The number of nitrogens with one attached hydrogen (secondary N) is 3. The molecule has 2 amide bonds. The summed E-state index contributed by atoms with van der Waals surface area (Å²) in [6.07, 6.45) is 6.56. The molecule has 6 unspecified atom stereocenters. The van der Waals surface area contributed by atoms with Crippen molar-refractivity contribution >= 4 is 13.6 Å². The molecule has 0 bridgehead atoms. The molecule has 1 saturated heterocycles. The zero-order chi connectivity index (χ0) is 23.8. The molecule has 3 fully saturated rings. The summed E-state index contributed by atoms with van der Waals surface area (Å²) >= 11 is 0. The molecule has 1 heterocycles. The van der Waals surface area contributed by atoms with Gasteiger partial charge < -0.3 is 44.5 Å². The van der Waals surface area contributed by atoms with Crippen LogP contribution in [0, 0.1) is 5.92 Å². The Morgan fingerprint density at radius 2 is 1.91 bits per heavy atom. The molecule has 192 valence electrons. The Morgan fingerprint density at radius 1 is 1.18 bits per heavy atom. The van der Waals surface area contributed by atoms with Gasteiger partial charge in [-0.15, -0.1) is 0 Å². The molecule has 2 aliphatic carbocycles. The Labute approximate surface area is 215 Å². The Morgan fingerprint density at radius 3 is 2.62 bits per heavy atom. The van der Waals surface area contributed by atoms with Crippen LogP contribution in [0.5, 0.6) is 0 Å². The summed E-state index contributed by atoms with van der Waals surface area (Å²) in [4.78, 5) is 23.2. The van der Waals surface area contributed by atoms with Crippen LogP contribution < -0.4 is 39.7 Å². The van der Waals surface area contributed by atoms with Gasteiger partial charge in [-0.25, -0.2) is 4.79 Å². The van der Waals surface area contributed by atoms with Crippen LogP contribution in [0.4, 0.5) is 4.79 Å². The van der Waals surface area contributed by atoms with E-state index in [2.05, 4.69) is 22.9 Å². The van der Waals surface area contributed by atoms with Crippen molar-refractivity contribution in [2.75, 3.05) is 26.1 Å². The Hall–Kier alpha value is -0.143. The average Bonchev–Trinajstić information content (AvgIpc) is 3.16. The van der Waals surface area contributed by atoms with Crippen molar-refractivity contribution in [3.8, 4) is 0 Å². The van der Waals surface area contributed by atoms with Gasteiger partial charge in [0, 0.05) is 12.6 Å². The van der Waals surface area contributed by atoms with Crippen molar-refractivity contribution in [1.82, 2.24) is 16.0 Å². The maximum absolute atomic E-state index is 11.6. The monoisotopic (exact) mass is 497 g/mol. The minimum atomic E-state index is -3.88. The quantitative estimate of drug-likeness (QED) is 0.177. The molecular formula is C22H41LiN3O7P. The van der Waals surface area contributed by atoms with Crippen molar-refractivity contribution in [1.29, 1.82) is 0 Å². The second kappa shape index (κ2) is 14.6. The number of rotatable bonds is 13. The summed E-state index contributed by atoms with van der Waals surface area (Å²) in [6, 6.07) is 0.248. The van der Waals surface area contributed by atoms with Gasteiger partial charge in [-0.1, -0.05) is 0 Å². The van der Waals surface area contributed by atoms with Crippen molar-refractivity contribution in [3.63, 3.8) is 0 Å². The first kappa shape index (κ1) is 30.1. The van der Waals surface area contributed by atoms with E-state index in [1.54, 1.807) is 6.92 Å². The van der Waals surface area contributed by atoms with Gasteiger partial charge in [0.25, 0.3) is 0 Å². The van der Waals surface area contributed by atoms with E-state index in [-0.39, 0.29) is 74.8 Å². The molecule has 34 heavy (non-hydrogen) atoms. The zero-order valence-electron chi connectivity index (χ0n) is 20.9. The van der Waals surface area contributed by atoms with E-state index in [1.807, 2.05) is 0 Å². The first-order valence-corrected chi connectivity index (χ1v) is 14.1. The number of aliphatic hydroxyl groups is 1. The third-order valence-electron chi connectivity index (χ3n) is 6.93. The fourth-order valence-corrected chi connectivity index (χ4v) is 6.10. The molecule has 3 aliphatic rings. The van der Waals surface area contributed by atoms with Crippen LogP contribution in [-0.2, 0) is 18.6 Å². The second-order valence-corrected chi connectivity index (χ2v) is 11.5. The van der Waals surface area contributed by atoms with Crippen molar-refractivity contribution in [3.05, 3.63) is 0 Å². The van der Waals surface area contributed by atoms with Gasteiger partial charge in [-0.2, -0.15) is 0 Å². The predicted molar refractivity (Wildman–Crippen MR) is 122 cm³/mol.